The van der Waals surface area contributed by atoms with Gasteiger partial charge in [0.2, 0.25) is 5.91 Å². The Morgan fingerprint density at radius 2 is 2.00 bits per heavy atom. The first kappa shape index (κ1) is 14.5. The van der Waals surface area contributed by atoms with Crippen LogP contribution in [0.2, 0.25) is 0 Å². The van der Waals surface area contributed by atoms with E-state index in [9.17, 15) is 4.79 Å². The summed E-state index contributed by atoms with van der Waals surface area (Å²) >= 11 is 0. The Kier molecular flexibility index (Phi) is 4.83. The Morgan fingerprint density at radius 1 is 1.24 bits per heavy atom. The smallest absolute Gasteiger partial charge is 0.225 e. The van der Waals surface area contributed by atoms with Crippen LogP contribution in [-0.4, -0.2) is 60.0 Å². The van der Waals surface area contributed by atoms with Gasteiger partial charge in [-0.1, -0.05) is 6.07 Å². The van der Waals surface area contributed by atoms with E-state index < -0.39 is 0 Å². The number of piperazine rings is 1. The van der Waals surface area contributed by atoms with Crippen LogP contribution in [0.4, 0.5) is 0 Å². The number of carbonyl (C=O) groups excluding carboxylic acids is 1. The van der Waals surface area contributed by atoms with Crippen LogP contribution in [-0.2, 0) is 11.3 Å². The maximum atomic E-state index is 12.5. The molecule has 0 aliphatic carbocycles. The van der Waals surface area contributed by atoms with Crippen LogP contribution in [0.15, 0.2) is 24.5 Å². The molecule has 1 amide bonds. The van der Waals surface area contributed by atoms with E-state index >= 15 is 0 Å². The van der Waals surface area contributed by atoms with Gasteiger partial charge in [0, 0.05) is 51.0 Å². The summed E-state index contributed by atoms with van der Waals surface area (Å²) in [5.74, 6) is 0.619. The minimum absolute atomic E-state index is 0.246. The zero-order chi connectivity index (χ0) is 14.5. The molecule has 3 rings (SSSR count). The van der Waals surface area contributed by atoms with Gasteiger partial charge >= 0.3 is 0 Å². The van der Waals surface area contributed by atoms with Crippen molar-refractivity contribution < 1.29 is 4.79 Å². The quantitative estimate of drug-likeness (QED) is 0.890. The van der Waals surface area contributed by atoms with E-state index in [0.29, 0.717) is 5.91 Å². The molecule has 1 N–H and O–H groups in total. The number of carbonyl (C=O) groups is 1. The first-order chi connectivity index (χ1) is 10.3. The number of hydrogen-bond acceptors (Lipinski definition) is 4. The summed E-state index contributed by atoms with van der Waals surface area (Å²) < 4.78 is 0. The molecule has 2 fully saturated rings. The van der Waals surface area contributed by atoms with Crippen LogP contribution in [0.25, 0.3) is 0 Å². The van der Waals surface area contributed by atoms with Gasteiger partial charge in [-0.05, 0) is 37.6 Å². The molecule has 0 bridgehead atoms. The maximum absolute atomic E-state index is 12.5. The van der Waals surface area contributed by atoms with E-state index in [2.05, 4.69) is 26.2 Å². The van der Waals surface area contributed by atoms with Gasteiger partial charge in [0.05, 0.1) is 0 Å². The molecular formula is C16H24N4O. The molecule has 0 radical (unpaired) electrons. The second-order valence-corrected chi connectivity index (χ2v) is 5.99. The predicted octanol–water partition coefficient (Wildman–Crippen LogP) is 0.725. The molecule has 2 aliphatic rings. The summed E-state index contributed by atoms with van der Waals surface area (Å²) in [6, 6.07) is 4.09. The number of piperidine rings is 1. The highest BCUT2D eigenvalue weighted by molar-refractivity contribution is 5.79. The second-order valence-electron chi connectivity index (χ2n) is 5.99. The van der Waals surface area contributed by atoms with Gasteiger partial charge in [-0.2, -0.15) is 0 Å². The highest BCUT2D eigenvalue weighted by Gasteiger charge is 2.28. The molecule has 0 saturated carbocycles. The van der Waals surface area contributed by atoms with Crippen LogP contribution < -0.4 is 5.32 Å². The van der Waals surface area contributed by atoms with Crippen molar-refractivity contribution >= 4 is 5.91 Å². The lowest BCUT2D eigenvalue weighted by molar-refractivity contribution is -0.138. The van der Waals surface area contributed by atoms with E-state index in [0.717, 1.165) is 58.7 Å². The maximum Gasteiger partial charge on any atom is 0.225 e. The van der Waals surface area contributed by atoms with Gasteiger partial charge in [0.15, 0.2) is 0 Å². The minimum Gasteiger partial charge on any atom is -0.340 e. The molecule has 21 heavy (non-hydrogen) atoms. The lowest BCUT2D eigenvalue weighted by atomic mass is 9.96. The zero-order valence-electron chi connectivity index (χ0n) is 12.5. The second kappa shape index (κ2) is 7.00. The van der Waals surface area contributed by atoms with Gasteiger partial charge in [0.25, 0.3) is 0 Å². The van der Waals surface area contributed by atoms with Crippen molar-refractivity contribution in [3.8, 4) is 0 Å². The summed E-state index contributed by atoms with van der Waals surface area (Å²) in [4.78, 5) is 21.1. The van der Waals surface area contributed by atoms with Crippen LogP contribution in [0.1, 0.15) is 18.4 Å². The summed E-state index contributed by atoms with van der Waals surface area (Å²) in [7, 11) is 0. The molecule has 0 aromatic carbocycles. The predicted molar refractivity (Wildman–Crippen MR) is 81.7 cm³/mol. The molecular weight excluding hydrogens is 264 g/mol. The molecule has 5 heteroatoms. The van der Waals surface area contributed by atoms with Crippen molar-refractivity contribution in [1.29, 1.82) is 0 Å². The fraction of sp³-hybridized carbons (Fsp3) is 0.625. The number of amides is 1. The fourth-order valence-corrected chi connectivity index (χ4v) is 3.20. The third kappa shape index (κ3) is 3.80. The molecule has 3 heterocycles. The third-order valence-electron chi connectivity index (χ3n) is 4.50. The van der Waals surface area contributed by atoms with E-state index in [1.54, 1.807) is 6.20 Å². The average molecular weight is 288 g/mol. The summed E-state index contributed by atoms with van der Waals surface area (Å²) in [5.41, 5.74) is 1.25. The van der Waals surface area contributed by atoms with Gasteiger partial charge in [-0.15, -0.1) is 0 Å². The molecule has 2 saturated heterocycles. The third-order valence-corrected chi connectivity index (χ3v) is 4.50. The Balaban J connectivity index is 1.47. The van der Waals surface area contributed by atoms with Crippen LogP contribution in [0, 0.1) is 5.92 Å². The molecule has 1 aromatic heterocycles. The zero-order valence-corrected chi connectivity index (χ0v) is 12.5. The Hall–Kier alpha value is -1.46. The van der Waals surface area contributed by atoms with E-state index in [-0.39, 0.29) is 5.92 Å². The number of aromatic nitrogens is 1. The van der Waals surface area contributed by atoms with Gasteiger partial charge in [0.1, 0.15) is 0 Å². The summed E-state index contributed by atoms with van der Waals surface area (Å²) in [6.07, 6.45) is 5.72. The fourth-order valence-electron chi connectivity index (χ4n) is 3.20. The monoisotopic (exact) mass is 288 g/mol. The lowest BCUT2D eigenvalue weighted by Gasteiger charge is -2.37. The summed E-state index contributed by atoms with van der Waals surface area (Å²) in [5, 5.41) is 3.32. The van der Waals surface area contributed by atoms with E-state index in [4.69, 9.17) is 0 Å². The number of rotatable bonds is 3. The highest BCUT2D eigenvalue weighted by atomic mass is 16.2. The molecule has 114 valence electrons. The van der Waals surface area contributed by atoms with Crippen molar-refractivity contribution in [3.05, 3.63) is 30.1 Å². The molecule has 1 aromatic rings. The average Bonchev–Trinajstić information content (AvgIpc) is 2.57. The topological polar surface area (TPSA) is 48.5 Å². The van der Waals surface area contributed by atoms with Crippen molar-refractivity contribution in [2.24, 2.45) is 5.92 Å². The van der Waals surface area contributed by atoms with Gasteiger partial charge in [-0.3, -0.25) is 14.7 Å². The number of nitrogens with zero attached hydrogens (tertiary/aromatic N) is 3. The van der Waals surface area contributed by atoms with Crippen LogP contribution >= 0.6 is 0 Å². The first-order valence-corrected chi connectivity index (χ1v) is 7.94. The minimum atomic E-state index is 0.246. The molecule has 0 atom stereocenters. The standard InChI is InChI=1S/C16H24N4O/c21-16(15-3-6-17-7-4-15)20-10-8-19(9-11-20)13-14-2-1-5-18-12-14/h1-2,5,12,15,17H,3-4,6-11,13H2. The Labute approximate surface area is 126 Å². The van der Waals surface area contributed by atoms with Crippen molar-refractivity contribution in [1.82, 2.24) is 20.1 Å². The molecule has 0 unspecified atom stereocenters. The molecule has 2 aliphatic heterocycles. The molecule has 0 spiro atoms. The van der Waals surface area contributed by atoms with E-state index in [1.165, 1.54) is 5.56 Å². The number of hydrogen-bond donors (Lipinski definition) is 1. The number of nitrogens with one attached hydrogen (secondary N) is 1. The highest BCUT2D eigenvalue weighted by Crippen LogP contribution is 2.17. The Morgan fingerprint density at radius 3 is 2.67 bits per heavy atom. The van der Waals surface area contributed by atoms with Gasteiger partial charge < -0.3 is 10.2 Å². The van der Waals surface area contributed by atoms with Crippen molar-refractivity contribution in [2.75, 3.05) is 39.3 Å². The lowest BCUT2D eigenvalue weighted by Crippen LogP contribution is -2.51. The largest absolute Gasteiger partial charge is 0.340 e. The summed E-state index contributed by atoms with van der Waals surface area (Å²) in [6.45, 7) is 6.56. The molecule has 5 nitrogen and oxygen atoms in total. The van der Waals surface area contributed by atoms with Crippen molar-refractivity contribution in [3.63, 3.8) is 0 Å². The van der Waals surface area contributed by atoms with Gasteiger partial charge in [-0.25, -0.2) is 0 Å². The normalized spacial score (nSPS) is 21.4. The van der Waals surface area contributed by atoms with E-state index in [1.807, 2.05) is 12.3 Å². The van der Waals surface area contributed by atoms with Crippen LogP contribution in [0.5, 0.6) is 0 Å². The Bertz CT molecular complexity index is 451. The van der Waals surface area contributed by atoms with Crippen molar-refractivity contribution in [2.45, 2.75) is 19.4 Å². The SMILES string of the molecule is O=C(C1CCNCC1)N1CCN(Cc2cccnc2)CC1. The van der Waals surface area contributed by atoms with Crippen LogP contribution in [0.3, 0.4) is 0 Å². The first-order valence-electron chi connectivity index (χ1n) is 7.94. The number of pyridine rings is 1.